The highest BCUT2D eigenvalue weighted by Crippen LogP contribution is 2.20. The summed E-state index contributed by atoms with van der Waals surface area (Å²) < 4.78 is 0. The monoisotopic (exact) mass is 297 g/mol. The van der Waals surface area contributed by atoms with Gasteiger partial charge in [0, 0.05) is 6.08 Å². The molecule has 0 heterocycles. The van der Waals surface area contributed by atoms with Crippen molar-refractivity contribution in [1.82, 2.24) is 0 Å². The minimum absolute atomic E-state index is 0.328. The Bertz CT molecular complexity index is 747. The number of amides is 1. The van der Waals surface area contributed by atoms with Crippen LogP contribution in [0.1, 0.15) is 11.1 Å². The molecule has 104 valence electrons. The molecule has 0 fully saturated rings. The number of halogens is 1. The third-order valence-electron chi connectivity index (χ3n) is 2.75. The Labute approximate surface area is 127 Å². The third kappa shape index (κ3) is 3.85. The maximum absolute atomic E-state index is 11.8. The Kier molecular flexibility index (Phi) is 4.60. The van der Waals surface area contributed by atoms with Crippen LogP contribution in [0.25, 0.3) is 6.08 Å². The number of nitrogen functional groups attached to an aromatic ring is 1. The van der Waals surface area contributed by atoms with E-state index in [0.29, 0.717) is 22.0 Å². The van der Waals surface area contributed by atoms with Crippen molar-refractivity contribution in [2.24, 2.45) is 0 Å². The van der Waals surface area contributed by atoms with Crippen molar-refractivity contribution in [1.29, 1.82) is 5.26 Å². The van der Waals surface area contributed by atoms with Crippen LogP contribution < -0.4 is 11.1 Å². The summed E-state index contributed by atoms with van der Waals surface area (Å²) in [6.45, 7) is 0. The number of nitrogens with one attached hydrogen (secondary N) is 1. The summed E-state index contributed by atoms with van der Waals surface area (Å²) in [6.07, 6.45) is 2.99. The van der Waals surface area contributed by atoms with E-state index >= 15 is 0 Å². The van der Waals surface area contributed by atoms with Gasteiger partial charge >= 0.3 is 0 Å². The molecule has 21 heavy (non-hydrogen) atoms. The second-order valence-electron chi connectivity index (χ2n) is 4.26. The molecule has 0 radical (unpaired) electrons. The number of rotatable bonds is 3. The van der Waals surface area contributed by atoms with Gasteiger partial charge in [0.15, 0.2) is 0 Å². The van der Waals surface area contributed by atoms with Crippen LogP contribution in [0.2, 0.25) is 5.02 Å². The highest BCUT2D eigenvalue weighted by atomic mass is 35.5. The standard InChI is InChI=1S/C16H12ClN3O/c17-13-7-5-11(9-14(13)19)6-8-16(21)20-15-4-2-1-3-12(15)10-18/h1-9H,19H2,(H,20,21)/b8-6+. The van der Waals surface area contributed by atoms with Gasteiger partial charge in [0.05, 0.1) is 22.0 Å². The maximum Gasteiger partial charge on any atom is 0.248 e. The Hall–Kier alpha value is -2.77. The van der Waals surface area contributed by atoms with Crippen LogP contribution in [-0.4, -0.2) is 5.91 Å². The van der Waals surface area contributed by atoms with Crippen LogP contribution in [0.5, 0.6) is 0 Å². The van der Waals surface area contributed by atoms with E-state index in [1.165, 1.54) is 6.08 Å². The molecule has 0 saturated heterocycles. The summed E-state index contributed by atoms with van der Waals surface area (Å²) in [6, 6.07) is 13.9. The first-order valence-corrected chi connectivity index (χ1v) is 6.51. The average molecular weight is 298 g/mol. The molecule has 0 saturated carbocycles. The van der Waals surface area contributed by atoms with Crippen molar-refractivity contribution in [2.45, 2.75) is 0 Å². The highest BCUT2D eigenvalue weighted by Gasteiger charge is 2.03. The van der Waals surface area contributed by atoms with Gasteiger partial charge < -0.3 is 11.1 Å². The molecule has 5 heteroatoms. The summed E-state index contributed by atoms with van der Waals surface area (Å²) in [4.78, 5) is 11.8. The predicted molar refractivity (Wildman–Crippen MR) is 84.7 cm³/mol. The van der Waals surface area contributed by atoms with E-state index < -0.39 is 0 Å². The number of benzene rings is 2. The fourth-order valence-corrected chi connectivity index (χ4v) is 1.82. The molecule has 2 aromatic carbocycles. The molecule has 3 N–H and O–H groups in total. The number of anilines is 2. The van der Waals surface area contributed by atoms with E-state index in [0.717, 1.165) is 5.56 Å². The molecule has 2 rings (SSSR count). The molecule has 1 amide bonds. The second-order valence-corrected chi connectivity index (χ2v) is 4.67. The lowest BCUT2D eigenvalue weighted by Crippen LogP contribution is -2.08. The molecule has 4 nitrogen and oxygen atoms in total. The number of nitriles is 1. The van der Waals surface area contributed by atoms with Gasteiger partial charge in [-0.2, -0.15) is 5.26 Å². The van der Waals surface area contributed by atoms with E-state index in [1.807, 2.05) is 6.07 Å². The molecule has 0 aliphatic heterocycles. The molecule has 0 aliphatic rings. The smallest absolute Gasteiger partial charge is 0.248 e. The minimum atomic E-state index is -0.328. The summed E-state index contributed by atoms with van der Waals surface area (Å²) in [5.74, 6) is -0.328. The number of hydrogen-bond acceptors (Lipinski definition) is 3. The largest absolute Gasteiger partial charge is 0.398 e. The fraction of sp³-hybridized carbons (Fsp3) is 0. The van der Waals surface area contributed by atoms with Gasteiger partial charge in [-0.05, 0) is 35.9 Å². The van der Waals surface area contributed by atoms with E-state index in [4.69, 9.17) is 22.6 Å². The summed E-state index contributed by atoms with van der Waals surface area (Å²) in [5.41, 5.74) is 7.79. The van der Waals surface area contributed by atoms with Crippen LogP contribution in [0.15, 0.2) is 48.5 Å². The molecule has 0 aromatic heterocycles. The van der Waals surface area contributed by atoms with Gasteiger partial charge in [-0.3, -0.25) is 4.79 Å². The maximum atomic E-state index is 11.8. The van der Waals surface area contributed by atoms with Crippen LogP contribution in [-0.2, 0) is 4.79 Å². The Morgan fingerprint density at radius 1 is 1.29 bits per heavy atom. The molecular weight excluding hydrogens is 286 g/mol. The fourth-order valence-electron chi connectivity index (χ4n) is 1.70. The molecule has 0 atom stereocenters. The van der Waals surface area contributed by atoms with Crippen molar-refractivity contribution in [3.05, 3.63) is 64.7 Å². The van der Waals surface area contributed by atoms with E-state index in [-0.39, 0.29) is 5.91 Å². The quantitative estimate of drug-likeness (QED) is 0.673. The van der Waals surface area contributed by atoms with E-state index in [1.54, 1.807) is 48.5 Å². The zero-order chi connectivity index (χ0) is 15.2. The van der Waals surface area contributed by atoms with Crippen molar-refractivity contribution in [3.8, 4) is 6.07 Å². The minimum Gasteiger partial charge on any atom is -0.398 e. The highest BCUT2D eigenvalue weighted by molar-refractivity contribution is 6.33. The summed E-state index contributed by atoms with van der Waals surface area (Å²) in [5, 5.41) is 12.1. The van der Waals surface area contributed by atoms with Crippen LogP contribution in [0.3, 0.4) is 0 Å². The van der Waals surface area contributed by atoms with E-state index in [2.05, 4.69) is 5.32 Å². The Balaban J connectivity index is 2.09. The van der Waals surface area contributed by atoms with Gasteiger partial charge in [-0.25, -0.2) is 0 Å². The SMILES string of the molecule is N#Cc1ccccc1NC(=O)/C=C/c1ccc(Cl)c(N)c1. The van der Waals surface area contributed by atoms with Gasteiger partial charge in [-0.15, -0.1) is 0 Å². The van der Waals surface area contributed by atoms with Crippen molar-refractivity contribution in [3.63, 3.8) is 0 Å². The normalized spacial score (nSPS) is 10.3. The number of carbonyl (C=O) groups excluding carboxylic acids is 1. The van der Waals surface area contributed by atoms with Gasteiger partial charge in [0.1, 0.15) is 6.07 Å². The first-order chi connectivity index (χ1) is 10.1. The number of para-hydroxylation sites is 1. The lowest BCUT2D eigenvalue weighted by Gasteiger charge is -2.04. The molecule has 0 bridgehead atoms. The summed E-state index contributed by atoms with van der Waals surface area (Å²) in [7, 11) is 0. The van der Waals surface area contributed by atoms with Crippen LogP contribution in [0.4, 0.5) is 11.4 Å². The van der Waals surface area contributed by atoms with Gasteiger partial charge in [0.25, 0.3) is 0 Å². The molecular formula is C16H12ClN3O. The zero-order valence-corrected chi connectivity index (χ0v) is 11.8. The topological polar surface area (TPSA) is 78.9 Å². The van der Waals surface area contributed by atoms with Crippen molar-refractivity contribution >= 4 is 35.0 Å². The van der Waals surface area contributed by atoms with E-state index in [9.17, 15) is 4.79 Å². The molecule has 0 spiro atoms. The lowest BCUT2D eigenvalue weighted by molar-refractivity contribution is -0.111. The molecule has 0 aliphatic carbocycles. The van der Waals surface area contributed by atoms with Crippen molar-refractivity contribution < 1.29 is 4.79 Å². The zero-order valence-electron chi connectivity index (χ0n) is 11.0. The van der Waals surface area contributed by atoms with Crippen LogP contribution in [0, 0.1) is 11.3 Å². The second kappa shape index (κ2) is 6.60. The summed E-state index contributed by atoms with van der Waals surface area (Å²) >= 11 is 5.83. The first-order valence-electron chi connectivity index (χ1n) is 6.13. The predicted octanol–water partition coefficient (Wildman–Crippen LogP) is 3.45. The van der Waals surface area contributed by atoms with Crippen molar-refractivity contribution in [2.75, 3.05) is 11.1 Å². The Morgan fingerprint density at radius 2 is 2.05 bits per heavy atom. The van der Waals surface area contributed by atoms with Gasteiger partial charge in [0.2, 0.25) is 5.91 Å². The first kappa shape index (κ1) is 14.6. The average Bonchev–Trinajstić information content (AvgIpc) is 2.49. The van der Waals surface area contributed by atoms with Crippen LogP contribution >= 0.6 is 11.6 Å². The number of nitrogens with zero attached hydrogens (tertiary/aromatic N) is 1. The number of nitrogens with two attached hydrogens (primary N) is 1. The Morgan fingerprint density at radius 3 is 2.76 bits per heavy atom. The molecule has 2 aromatic rings. The lowest BCUT2D eigenvalue weighted by atomic mass is 10.2. The van der Waals surface area contributed by atoms with Gasteiger partial charge in [-0.1, -0.05) is 29.8 Å². The molecule has 0 unspecified atom stereocenters. The third-order valence-corrected chi connectivity index (χ3v) is 3.10. The number of carbonyl (C=O) groups is 1. The number of hydrogen-bond donors (Lipinski definition) is 2.